The second kappa shape index (κ2) is 9.79. The number of piperidine rings is 1. The van der Waals surface area contributed by atoms with E-state index in [1.165, 1.54) is 12.1 Å². The third-order valence-corrected chi connectivity index (χ3v) is 6.55. The van der Waals surface area contributed by atoms with E-state index in [2.05, 4.69) is 41.3 Å². The van der Waals surface area contributed by atoms with E-state index >= 15 is 0 Å². The van der Waals surface area contributed by atoms with Gasteiger partial charge < -0.3 is 24.8 Å². The average molecular weight is 443 g/mol. The number of nitrogens with one attached hydrogen (secondary N) is 1. The minimum atomic E-state index is -0.0576. The lowest BCUT2D eigenvalue weighted by atomic mass is 10.1. The minimum Gasteiger partial charge on any atom is -0.489 e. The molecule has 2 aliphatic rings. The van der Waals surface area contributed by atoms with Crippen molar-refractivity contribution in [2.75, 3.05) is 50.5 Å². The molecule has 2 aliphatic heterocycles. The van der Waals surface area contributed by atoms with Crippen LogP contribution in [-0.2, 0) is 0 Å². The summed E-state index contributed by atoms with van der Waals surface area (Å²) in [7, 11) is 4.27. The lowest BCUT2D eigenvalue weighted by Gasteiger charge is -2.32. The number of benzene rings is 2. The first-order valence-corrected chi connectivity index (χ1v) is 11.4. The number of rotatable bonds is 5. The van der Waals surface area contributed by atoms with E-state index in [1.807, 2.05) is 41.3 Å². The lowest BCUT2D eigenvalue weighted by molar-refractivity contribution is 0.115. The number of likely N-dealkylation sites (tertiary alicyclic amines) is 1. The summed E-state index contributed by atoms with van der Waals surface area (Å²) in [6.45, 7) is 3.45. The molecule has 0 bridgehead atoms. The van der Waals surface area contributed by atoms with Gasteiger partial charge in [-0.15, -0.1) is 0 Å². The third kappa shape index (κ3) is 5.43. The molecular weight excluding hydrogens is 412 g/mol. The summed E-state index contributed by atoms with van der Waals surface area (Å²) in [6, 6.07) is 16.2. The summed E-state index contributed by atoms with van der Waals surface area (Å²) in [4.78, 5) is 19.2. The number of carbonyl (C=O) groups excluding carboxylic acids is 1. The van der Waals surface area contributed by atoms with Gasteiger partial charge in [0.15, 0.2) is 0 Å². The van der Waals surface area contributed by atoms with Crippen molar-refractivity contribution in [1.82, 2.24) is 9.80 Å². The van der Waals surface area contributed by atoms with Crippen LogP contribution < -0.4 is 15.0 Å². The minimum absolute atomic E-state index is 0.0576. The van der Waals surface area contributed by atoms with Gasteiger partial charge in [-0.3, -0.25) is 0 Å². The first-order valence-electron chi connectivity index (χ1n) is 11.0. The van der Waals surface area contributed by atoms with Crippen molar-refractivity contribution in [3.63, 3.8) is 0 Å². The highest BCUT2D eigenvalue weighted by Gasteiger charge is 2.25. The zero-order valence-electron chi connectivity index (χ0n) is 18.3. The number of nitrogens with zero attached hydrogens (tertiary/aromatic N) is 3. The molecule has 2 aromatic carbocycles. The monoisotopic (exact) mass is 442 g/mol. The highest BCUT2D eigenvalue weighted by molar-refractivity contribution is 6.32. The molecule has 0 spiro atoms. The Hall–Kier alpha value is -2.44. The van der Waals surface area contributed by atoms with Crippen molar-refractivity contribution in [2.45, 2.75) is 31.4 Å². The van der Waals surface area contributed by atoms with Crippen LogP contribution in [-0.4, -0.2) is 68.3 Å². The maximum Gasteiger partial charge on any atom is 0.321 e. The molecule has 0 saturated carbocycles. The molecule has 2 fully saturated rings. The van der Waals surface area contributed by atoms with Crippen molar-refractivity contribution in [3.05, 3.63) is 53.6 Å². The Morgan fingerprint density at radius 1 is 1.03 bits per heavy atom. The zero-order valence-corrected chi connectivity index (χ0v) is 19.0. The molecule has 1 atom stereocenters. The van der Waals surface area contributed by atoms with Gasteiger partial charge in [0.2, 0.25) is 0 Å². The highest BCUT2D eigenvalue weighted by Crippen LogP contribution is 2.27. The van der Waals surface area contributed by atoms with Gasteiger partial charge in [-0.2, -0.15) is 0 Å². The van der Waals surface area contributed by atoms with Crippen LogP contribution in [0.25, 0.3) is 0 Å². The fourth-order valence-electron chi connectivity index (χ4n) is 4.25. The maximum atomic E-state index is 12.7. The Kier molecular flexibility index (Phi) is 6.88. The van der Waals surface area contributed by atoms with Crippen LogP contribution in [0.3, 0.4) is 0 Å². The first-order chi connectivity index (χ1) is 15.0. The van der Waals surface area contributed by atoms with Crippen molar-refractivity contribution >= 4 is 29.0 Å². The number of anilines is 2. The topological polar surface area (TPSA) is 48.0 Å². The predicted octanol–water partition coefficient (Wildman–Crippen LogP) is 4.56. The van der Waals surface area contributed by atoms with Gasteiger partial charge in [-0.1, -0.05) is 23.7 Å². The van der Waals surface area contributed by atoms with Gasteiger partial charge >= 0.3 is 6.03 Å². The van der Waals surface area contributed by atoms with Crippen LogP contribution in [0.15, 0.2) is 48.5 Å². The summed E-state index contributed by atoms with van der Waals surface area (Å²) in [6.07, 6.45) is 2.84. The summed E-state index contributed by atoms with van der Waals surface area (Å²) in [5, 5.41) is 3.65. The van der Waals surface area contributed by atoms with E-state index in [9.17, 15) is 4.79 Å². The largest absolute Gasteiger partial charge is 0.489 e. The Bertz CT molecular complexity index is 881. The molecule has 6 nitrogen and oxygen atoms in total. The third-order valence-electron chi connectivity index (χ3n) is 6.24. The van der Waals surface area contributed by atoms with Gasteiger partial charge in [-0.25, -0.2) is 4.79 Å². The first kappa shape index (κ1) is 21.8. The van der Waals surface area contributed by atoms with Crippen molar-refractivity contribution in [1.29, 1.82) is 0 Å². The van der Waals surface area contributed by atoms with Gasteiger partial charge in [0.25, 0.3) is 0 Å². The molecule has 4 rings (SSSR count). The molecule has 1 unspecified atom stereocenters. The smallest absolute Gasteiger partial charge is 0.321 e. The Labute approximate surface area is 189 Å². The number of likely N-dealkylation sites (N-methyl/N-ethyl adjacent to an activating group) is 1. The second-order valence-corrected chi connectivity index (χ2v) is 8.97. The normalized spacial score (nSPS) is 19.7. The Morgan fingerprint density at radius 2 is 1.74 bits per heavy atom. The van der Waals surface area contributed by atoms with Crippen LogP contribution in [0.4, 0.5) is 16.2 Å². The quantitative estimate of drug-likeness (QED) is 0.737. The molecule has 31 heavy (non-hydrogen) atoms. The van der Waals surface area contributed by atoms with E-state index in [0.717, 1.165) is 31.6 Å². The summed E-state index contributed by atoms with van der Waals surface area (Å²) in [5.41, 5.74) is 2.03. The number of hydrogen-bond donors (Lipinski definition) is 1. The molecule has 2 amide bonds. The molecule has 7 heteroatoms. The molecule has 0 aliphatic carbocycles. The molecule has 1 N–H and O–H groups in total. The fraction of sp³-hybridized carbons (Fsp3) is 0.458. The van der Waals surface area contributed by atoms with Gasteiger partial charge in [-0.05, 0) is 56.9 Å². The molecule has 2 saturated heterocycles. The number of halogens is 1. The van der Waals surface area contributed by atoms with Gasteiger partial charge in [0.1, 0.15) is 11.9 Å². The second-order valence-electron chi connectivity index (χ2n) is 8.56. The van der Waals surface area contributed by atoms with Crippen LogP contribution in [0.1, 0.15) is 19.3 Å². The Balaban J connectivity index is 1.25. The van der Waals surface area contributed by atoms with Crippen LogP contribution in [0.5, 0.6) is 5.75 Å². The number of hydrogen-bond acceptors (Lipinski definition) is 4. The fourth-order valence-corrected chi connectivity index (χ4v) is 4.43. The number of carbonyl (C=O) groups is 1. The van der Waals surface area contributed by atoms with Crippen LogP contribution in [0.2, 0.25) is 5.02 Å². The average Bonchev–Trinajstić information content (AvgIpc) is 3.27. The molecule has 2 aromatic rings. The summed E-state index contributed by atoms with van der Waals surface area (Å²) >= 11 is 6.18. The SMILES string of the molecule is CN(C)C1CCN(c2ccc(NC(=O)N3CCC(Oc4ccccc4Cl)CC3)cc2)C1. The van der Waals surface area contributed by atoms with E-state index in [4.69, 9.17) is 16.3 Å². The van der Waals surface area contributed by atoms with Crippen molar-refractivity contribution < 1.29 is 9.53 Å². The van der Waals surface area contributed by atoms with Crippen LogP contribution >= 0.6 is 11.6 Å². The maximum absolute atomic E-state index is 12.7. The summed E-state index contributed by atoms with van der Waals surface area (Å²) < 4.78 is 6.02. The van der Waals surface area contributed by atoms with E-state index in [0.29, 0.717) is 29.9 Å². The standard InChI is InChI=1S/C24H31ClN4O2/c1-27(2)20-11-14-29(17-20)19-9-7-18(8-10-19)26-24(30)28-15-12-21(13-16-28)31-23-6-4-3-5-22(23)25/h3-10,20-21H,11-17H2,1-2H3,(H,26,30). The number of ether oxygens (including phenoxy) is 1. The zero-order chi connectivity index (χ0) is 21.8. The molecule has 2 heterocycles. The Morgan fingerprint density at radius 3 is 2.39 bits per heavy atom. The van der Waals surface area contributed by atoms with E-state index in [-0.39, 0.29) is 12.1 Å². The lowest BCUT2D eigenvalue weighted by Crippen LogP contribution is -2.43. The van der Waals surface area contributed by atoms with Gasteiger partial charge in [0.05, 0.1) is 5.02 Å². The molecular formula is C24H31ClN4O2. The van der Waals surface area contributed by atoms with Gasteiger partial charge in [0, 0.05) is 56.4 Å². The van der Waals surface area contributed by atoms with E-state index in [1.54, 1.807) is 0 Å². The van der Waals surface area contributed by atoms with Crippen molar-refractivity contribution in [2.24, 2.45) is 0 Å². The number of urea groups is 1. The van der Waals surface area contributed by atoms with E-state index < -0.39 is 0 Å². The number of amides is 2. The highest BCUT2D eigenvalue weighted by atomic mass is 35.5. The molecule has 166 valence electrons. The van der Waals surface area contributed by atoms with Crippen molar-refractivity contribution in [3.8, 4) is 5.75 Å². The molecule has 0 aromatic heterocycles. The molecule has 0 radical (unpaired) electrons. The van der Waals surface area contributed by atoms with Crippen LogP contribution in [0, 0.1) is 0 Å². The number of para-hydroxylation sites is 1. The summed E-state index contributed by atoms with van der Waals surface area (Å²) in [5.74, 6) is 0.710. The predicted molar refractivity (Wildman–Crippen MR) is 126 cm³/mol.